The second-order valence-corrected chi connectivity index (χ2v) is 4.53. The summed E-state index contributed by atoms with van der Waals surface area (Å²) in [5.41, 5.74) is 9.10. The Bertz CT molecular complexity index is 498. The van der Waals surface area contributed by atoms with E-state index in [1.54, 1.807) is 0 Å². The third-order valence-corrected chi connectivity index (χ3v) is 2.93. The van der Waals surface area contributed by atoms with E-state index in [1.165, 1.54) is 18.4 Å². The molecule has 1 aromatic heterocycles. The average Bonchev–Trinajstić information content (AvgIpc) is 2.36. The molecule has 18 heavy (non-hydrogen) atoms. The number of unbranched alkanes of at least 4 members (excludes halogenated alkanes) is 1. The van der Waals surface area contributed by atoms with Gasteiger partial charge in [-0.2, -0.15) is 0 Å². The Morgan fingerprint density at radius 2 is 1.83 bits per heavy atom. The molecule has 0 spiro atoms. The lowest BCUT2D eigenvalue weighted by Crippen LogP contribution is -1.97. The second kappa shape index (κ2) is 5.63. The molecule has 0 atom stereocenters. The molecule has 0 amide bonds. The zero-order valence-corrected chi connectivity index (χ0v) is 11.0. The highest BCUT2D eigenvalue weighted by molar-refractivity contribution is 5.62. The summed E-state index contributed by atoms with van der Waals surface area (Å²) in [6.07, 6.45) is 3.60. The maximum atomic E-state index is 5.74. The van der Waals surface area contributed by atoms with Crippen LogP contribution in [0.2, 0.25) is 0 Å². The highest BCUT2D eigenvalue weighted by atomic mass is 14.9. The summed E-state index contributed by atoms with van der Waals surface area (Å²) < 4.78 is 0. The fourth-order valence-electron chi connectivity index (χ4n) is 1.96. The van der Waals surface area contributed by atoms with Gasteiger partial charge in [0.2, 0.25) is 0 Å². The minimum absolute atomic E-state index is 0.521. The van der Waals surface area contributed by atoms with Crippen LogP contribution in [0.3, 0.4) is 0 Å². The number of nitrogens with zero attached hydrogens (tertiary/aromatic N) is 2. The Morgan fingerprint density at radius 1 is 1.11 bits per heavy atom. The van der Waals surface area contributed by atoms with Crippen molar-refractivity contribution in [2.24, 2.45) is 0 Å². The maximum Gasteiger partial charge on any atom is 0.128 e. The maximum absolute atomic E-state index is 5.74. The average molecular weight is 241 g/mol. The van der Waals surface area contributed by atoms with Crippen molar-refractivity contribution in [1.82, 2.24) is 9.97 Å². The number of aromatic nitrogens is 2. The standard InChI is InChI=1S/C15H19N3/c1-3-4-5-12-6-8-13(9-7-12)14-10-15(16)18-11(2)17-14/h6-10H,3-5H2,1-2H3,(H2,16,17,18). The van der Waals surface area contributed by atoms with E-state index in [4.69, 9.17) is 5.73 Å². The molecule has 2 N–H and O–H groups in total. The zero-order chi connectivity index (χ0) is 13.0. The molecule has 0 aliphatic rings. The number of hydrogen-bond acceptors (Lipinski definition) is 3. The van der Waals surface area contributed by atoms with Gasteiger partial charge in [-0.15, -0.1) is 0 Å². The first kappa shape index (κ1) is 12.6. The van der Waals surface area contributed by atoms with E-state index in [-0.39, 0.29) is 0 Å². The van der Waals surface area contributed by atoms with Crippen molar-refractivity contribution in [3.05, 3.63) is 41.7 Å². The molecule has 0 aliphatic carbocycles. The lowest BCUT2D eigenvalue weighted by Gasteiger charge is -2.05. The molecule has 94 valence electrons. The number of benzene rings is 1. The first-order chi connectivity index (χ1) is 8.69. The molecule has 1 heterocycles. The van der Waals surface area contributed by atoms with Crippen LogP contribution in [-0.4, -0.2) is 9.97 Å². The highest BCUT2D eigenvalue weighted by Gasteiger charge is 2.02. The van der Waals surface area contributed by atoms with Gasteiger partial charge in [-0.1, -0.05) is 37.6 Å². The molecule has 0 bridgehead atoms. The van der Waals surface area contributed by atoms with Gasteiger partial charge in [0.15, 0.2) is 0 Å². The van der Waals surface area contributed by atoms with Crippen molar-refractivity contribution in [2.45, 2.75) is 33.1 Å². The van der Waals surface area contributed by atoms with E-state index in [2.05, 4.69) is 41.2 Å². The number of anilines is 1. The number of nitrogen functional groups attached to an aromatic ring is 1. The Labute approximate surface area is 108 Å². The van der Waals surface area contributed by atoms with Gasteiger partial charge in [0.05, 0.1) is 5.69 Å². The SMILES string of the molecule is CCCCc1ccc(-c2cc(N)nc(C)n2)cc1. The van der Waals surface area contributed by atoms with Crippen molar-refractivity contribution in [1.29, 1.82) is 0 Å². The summed E-state index contributed by atoms with van der Waals surface area (Å²) in [5.74, 6) is 1.23. The number of nitrogens with two attached hydrogens (primary N) is 1. The molecule has 0 saturated carbocycles. The zero-order valence-electron chi connectivity index (χ0n) is 11.0. The van der Waals surface area contributed by atoms with E-state index in [0.717, 1.165) is 17.7 Å². The van der Waals surface area contributed by atoms with Crippen LogP contribution in [0.25, 0.3) is 11.3 Å². The number of rotatable bonds is 4. The quantitative estimate of drug-likeness (QED) is 0.892. The van der Waals surface area contributed by atoms with Crippen molar-refractivity contribution in [2.75, 3.05) is 5.73 Å². The molecular formula is C15H19N3. The van der Waals surface area contributed by atoms with Crippen LogP contribution in [0.4, 0.5) is 5.82 Å². The summed E-state index contributed by atoms with van der Waals surface area (Å²) in [6.45, 7) is 4.07. The molecule has 0 radical (unpaired) electrons. The Kier molecular flexibility index (Phi) is 3.92. The lowest BCUT2D eigenvalue weighted by atomic mass is 10.0. The summed E-state index contributed by atoms with van der Waals surface area (Å²) in [5, 5.41) is 0. The van der Waals surface area contributed by atoms with E-state index >= 15 is 0 Å². The predicted molar refractivity (Wildman–Crippen MR) is 75.2 cm³/mol. The first-order valence-electron chi connectivity index (χ1n) is 6.39. The van der Waals surface area contributed by atoms with Gasteiger partial charge in [0.1, 0.15) is 11.6 Å². The molecule has 0 fully saturated rings. The molecule has 2 rings (SSSR count). The third kappa shape index (κ3) is 3.06. The monoisotopic (exact) mass is 241 g/mol. The van der Waals surface area contributed by atoms with E-state index in [1.807, 2.05) is 13.0 Å². The van der Waals surface area contributed by atoms with Crippen LogP contribution in [0.15, 0.2) is 30.3 Å². The molecule has 3 nitrogen and oxygen atoms in total. The van der Waals surface area contributed by atoms with Crippen LogP contribution in [-0.2, 0) is 6.42 Å². The molecule has 0 unspecified atom stereocenters. The summed E-state index contributed by atoms with van der Waals surface area (Å²) in [6, 6.07) is 10.4. The molecule has 2 aromatic rings. The lowest BCUT2D eigenvalue weighted by molar-refractivity contribution is 0.795. The number of hydrogen-bond donors (Lipinski definition) is 1. The molecule has 3 heteroatoms. The molecule has 1 aromatic carbocycles. The summed E-state index contributed by atoms with van der Waals surface area (Å²) in [4.78, 5) is 8.49. The van der Waals surface area contributed by atoms with Gasteiger partial charge >= 0.3 is 0 Å². The van der Waals surface area contributed by atoms with E-state index in [0.29, 0.717) is 11.6 Å². The van der Waals surface area contributed by atoms with Gasteiger partial charge in [0, 0.05) is 11.6 Å². The smallest absolute Gasteiger partial charge is 0.128 e. The van der Waals surface area contributed by atoms with Crippen molar-refractivity contribution < 1.29 is 0 Å². The van der Waals surface area contributed by atoms with Crippen LogP contribution in [0.1, 0.15) is 31.2 Å². The minimum atomic E-state index is 0.521. The largest absolute Gasteiger partial charge is 0.384 e. The first-order valence-corrected chi connectivity index (χ1v) is 6.39. The van der Waals surface area contributed by atoms with Gasteiger partial charge in [0.25, 0.3) is 0 Å². The Balaban J connectivity index is 2.23. The normalized spacial score (nSPS) is 10.6. The van der Waals surface area contributed by atoms with Crippen LogP contribution < -0.4 is 5.73 Å². The fourth-order valence-corrected chi connectivity index (χ4v) is 1.96. The van der Waals surface area contributed by atoms with Crippen molar-refractivity contribution >= 4 is 5.82 Å². The highest BCUT2D eigenvalue weighted by Crippen LogP contribution is 2.19. The second-order valence-electron chi connectivity index (χ2n) is 4.53. The Hall–Kier alpha value is -1.90. The molecule has 0 aliphatic heterocycles. The van der Waals surface area contributed by atoms with Crippen molar-refractivity contribution in [3.63, 3.8) is 0 Å². The Morgan fingerprint density at radius 3 is 2.44 bits per heavy atom. The predicted octanol–water partition coefficient (Wildman–Crippen LogP) is 3.38. The molecular weight excluding hydrogens is 222 g/mol. The third-order valence-electron chi connectivity index (χ3n) is 2.93. The van der Waals surface area contributed by atoms with Crippen LogP contribution >= 0.6 is 0 Å². The minimum Gasteiger partial charge on any atom is -0.384 e. The number of aryl methyl sites for hydroxylation is 2. The van der Waals surface area contributed by atoms with E-state index in [9.17, 15) is 0 Å². The van der Waals surface area contributed by atoms with Crippen LogP contribution in [0.5, 0.6) is 0 Å². The van der Waals surface area contributed by atoms with Crippen molar-refractivity contribution in [3.8, 4) is 11.3 Å². The summed E-state index contributed by atoms with van der Waals surface area (Å²) in [7, 11) is 0. The topological polar surface area (TPSA) is 51.8 Å². The molecule has 0 saturated heterocycles. The van der Waals surface area contributed by atoms with Gasteiger partial charge < -0.3 is 5.73 Å². The summed E-state index contributed by atoms with van der Waals surface area (Å²) >= 11 is 0. The van der Waals surface area contributed by atoms with Crippen LogP contribution in [0, 0.1) is 6.92 Å². The van der Waals surface area contributed by atoms with Gasteiger partial charge in [-0.25, -0.2) is 9.97 Å². The van der Waals surface area contributed by atoms with Gasteiger partial charge in [-0.3, -0.25) is 0 Å². The van der Waals surface area contributed by atoms with Gasteiger partial charge in [-0.05, 0) is 25.3 Å². The fraction of sp³-hybridized carbons (Fsp3) is 0.333. The van der Waals surface area contributed by atoms with E-state index < -0.39 is 0 Å².